The molecule has 0 radical (unpaired) electrons. The van der Waals surface area contributed by atoms with Crippen molar-refractivity contribution in [3.8, 4) is 5.75 Å². The summed E-state index contributed by atoms with van der Waals surface area (Å²) >= 11 is 3.28. The normalized spacial score (nSPS) is 11.3. The molecule has 1 N–H and O–H groups in total. The Labute approximate surface area is 126 Å². The lowest BCUT2D eigenvalue weighted by Gasteiger charge is -2.09. The smallest absolute Gasteiger partial charge is 0.241 e. The average molecular weight is 357 g/mol. The van der Waals surface area contributed by atoms with Gasteiger partial charge in [-0.05, 0) is 40.2 Å². The Morgan fingerprint density at radius 3 is 2.75 bits per heavy atom. The summed E-state index contributed by atoms with van der Waals surface area (Å²) in [6, 6.07) is 9.94. The van der Waals surface area contributed by atoms with Crippen molar-refractivity contribution < 1.29 is 13.2 Å². The molecule has 0 fully saturated rings. The van der Waals surface area contributed by atoms with Crippen molar-refractivity contribution in [2.75, 3.05) is 7.11 Å². The van der Waals surface area contributed by atoms with Crippen LogP contribution < -0.4 is 9.46 Å². The SMILES string of the molecule is COc1cc(S(=O)(=O)NCc2ccccn2)ccc1Br. The minimum Gasteiger partial charge on any atom is -0.496 e. The van der Waals surface area contributed by atoms with Crippen LogP contribution in [0.3, 0.4) is 0 Å². The molecule has 0 spiro atoms. The number of nitrogens with zero attached hydrogens (tertiary/aromatic N) is 1. The number of ether oxygens (including phenoxy) is 1. The lowest BCUT2D eigenvalue weighted by Crippen LogP contribution is -2.23. The van der Waals surface area contributed by atoms with Gasteiger partial charge in [-0.3, -0.25) is 4.98 Å². The number of hydrogen-bond donors (Lipinski definition) is 1. The molecule has 0 atom stereocenters. The molecule has 0 aliphatic carbocycles. The number of rotatable bonds is 5. The molecule has 2 aromatic rings. The van der Waals surface area contributed by atoms with Gasteiger partial charge in [0.25, 0.3) is 0 Å². The maximum atomic E-state index is 12.2. The van der Waals surface area contributed by atoms with E-state index in [4.69, 9.17) is 4.74 Å². The summed E-state index contributed by atoms with van der Waals surface area (Å²) in [6.07, 6.45) is 1.62. The van der Waals surface area contributed by atoms with E-state index >= 15 is 0 Å². The topological polar surface area (TPSA) is 68.3 Å². The zero-order valence-corrected chi connectivity index (χ0v) is 13.1. The fourth-order valence-corrected chi connectivity index (χ4v) is 2.98. The van der Waals surface area contributed by atoms with Crippen molar-refractivity contribution >= 4 is 26.0 Å². The summed E-state index contributed by atoms with van der Waals surface area (Å²) < 4.78 is 32.6. The van der Waals surface area contributed by atoms with Gasteiger partial charge in [-0.2, -0.15) is 0 Å². The van der Waals surface area contributed by atoms with Crippen LogP contribution in [0.5, 0.6) is 5.75 Å². The second-order valence-corrected chi connectivity index (χ2v) is 6.56. The van der Waals surface area contributed by atoms with E-state index in [0.717, 1.165) is 0 Å². The number of aromatic nitrogens is 1. The van der Waals surface area contributed by atoms with Gasteiger partial charge in [-0.1, -0.05) is 6.07 Å². The van der Waals surface area contributed by atoms with Gasteiger partial charge in [-0.15, -0.1) is 0 Å². The monoisotopic (exact) mass is 356 g/mol. The lowest BCUT2D eigenvalue weighted by molar-refractivity contribution is 0.410. The molecule has 0 aliphatic heterocycles. The number of hydrogen-bond acceptors (Lipinski definition) is 4. The first-order valence-electron chi connectivity index (χ1n) is 5.76. The van der Waals surface area contributed by atoms with Gasteiger partial charge < -0.3 is 4.74 Å². The standard InChI is InChI=1S/C13H13BrN2O3S/c1-19-13-8-11(5-6-12(13)14)20(17,18)16-9-10-4-2-3-7-15-10/h2-8,16H,9H2,1H3. The molecule has 0 saturated carbocycles. The highest BCUT2D eigenvalue weighted by atomic mass is 79.9. The molecule has 1 heterocycles. The molecular formula is C13H13BrN2O3S. The van der Waals surface area contributed by atoms with Gasteiger partial charge in [0.15, 0.2) is 0 Å². The Hall–Kier alpha value is -1.44. The highest BCUT2D eigenvalue weighted by Crippen LogP contribution is 2.27. The first-order valence-corrected chi connectivity index (χ1v) is 8.03. The fraction of sp³-hybridized carbons (Fsp3) is 0.154. The van der Waals surface area contributed by atoms with E-state index in [2.05, 4.69) is 25.6 Å². The third-order valence-corrected chi connectivity index (χ3v) is 4.66. The highest BCUT2D eigenvalue weighted by Gasteiger charge is 2.16. The zero-order chi connectivity index (χ0) is 14.6. The molecule has 0 aliphatic rings. The second kappa shape index (κ2) is 6.34. The van der Waals surface area contributed by atoms with Crippen LogP contribution >= 0.6 is 15.9 Å². The minimum atomic E-state index is -3.60. The van der Waals surface area contributed by atoms with Crippen LogP contribution in [-0.2, 0) is 16.6 Å². The molecule has 2 rings (SSSR count). The third kappa shape index (κ3) is 3.56. The van der Waals surface area contributed by atoms with Crippen LogP contribution in [0.4, 0.5) is 0 Å². The van der Waals surface area contributed by atoms with Crippen LogP contribution in [0.15, 0.2) is 52.0 Å². The molecule has 1 aromatic carbocycles. The number of benzene rings is 1. The van der Waals surface area contributed by atoms with E-state index in [0.29, 0.717) is 15.9 Å². The fourth-order valence-electron chi connectivity index (χ4n) is 1.56. The van der Waals surface area contributed by atoms with Gasteiger partial charge in [0.1, 0.15) is 5.75 Å². The van der Waals surface area contributed by atoms with Crippen molar-refractivity contribution in [1.29, 1.82) is 0 Å². The molecule has 106 valence electrons. The molecule has 1 aromatic heterocycles. The highest BCUT2D eigenvalue weighted by molar-refractivity contribution is 9.10. The predicted octanol–water partition coefficient (Wildman–Crippen LogP) is 2.33. The Morgan fingerprint density at radius 1 is 1.30 bits per heavy atom. The van der Waals surface area contributed by atoms with Crippen molar-refractivity contribution in [2.24, 2.45) is 0 Å². The number of methoxy groups -OCH3 is 1. The van der Waals surface area contributed by atoms with E-state index in [1.165, 1.54) is 19.2 Å². The molecule has 7 heteroatoms. The van der Waals surface area contributed by atoms with Crippen LogP contribution in [-0.4, -0.2) is 20.5 Å². The van der Waals surface area contributed by atoms with Crippen LogP contribution in [0.2, 0.25) is 0 Å². The summed E-state index contributed by atoms with van der Waals surface area (Å²) in [4.78, 5) is 4.21. The number of pyridine rings is 1. The maximum Gasteiger partial charge on any atom is 0.241 e. The van der Waals surface area contributed by atoms with Crippen molar-refractivity contribution in [1.82, 2.24) is 9.71 Å². The molecule has 0 bridgehead atoms. The average Bonchev–Trinajstić information content (AvgIpc) is 2.46. The summed E-state index contributed by atoms with van der Waals surface area (Å²) in [5.74, 6) is 0.464. The molecule has 0 amide bonds. The summed E-state index contributed by atoms with van der Waals surface area (Å²) in [6.45, 7) is 0.140. The Bertz CT molecular complexity index is 690. The van der Waals surface area contributed by atoms with Crippen molar-refractivity contribution in [3.63, 3.8) is 0 Å². The number of sulfonamides is 1. The van der Waals surface area contributed by atoms with Gasteiger partial charge in [0, 0.05) is 12.3 Å². The molecule has 0 unspecified atom stereocenters. The molecule has 20 heavy (non-hydrogen) atoms. The quantitative estimate of drug-likeness (QED) is 0.892. The maximum absolute atomic E-state index is 12.2. The second-order valence-electron chi connectivity index (χ2n) is 3.94. The van der Waals surface area contributed by atoms with Gasteiger partial charge in [0.05, 0.1) is 28.7 Å². The van der Waals surface area contributed by atoms with Crippen LogP contribution in [0.25, 0.3) is 0 Å². The van der Waals surface area contributed by atoms with E-state index in [-0.39, 0.29) is 11.4 Å². The van der Waals surface area contributed by atoms with E-state index in [1.807, 2.05) is 0 Å². The summed E-state index contributed by atoms with van der Waals surface area (Å²) in [5.41, 5.74) is 0.653. The van der Waals surface area contributed by atoms with Gasteiger partial charge in [0.2, 0.25) is 10.0 Å². The Balaban J connectivity index is 2.18. The third-order valence-electron chi connectivity index (χ3n) is 2.60. The zero-order valence-electron chi connectivity index (χ0n) is 10.7. The largest absolute Gasteiger partial charge is 0.496 e. The summed E-state index contributed by atoms with van der Waals surface area (Å²) in [5, 5.41) is 0. The van der Waals surface area contributed by atoms with E-state index < -0.39 is 10.0 Å². The minimum absolute atomic E-state index is 0.140. The van der Waals surface area contributed by atoms with Gasteiger partial charge in [-0.25, -0.2) is 13.1 Å². The predicted molar refractivity (Wildman–Crippen MR) is 79.0 cm³/mol. The Morgan fingerprint density at radius 2 is 2.10 bits per heavy atom. The molecule has 5 nitrogen and oxygen atoms in total. The number of nitrogens with one attached hydrogen (secondary N) is 1. The Kier molecular flexibility index (Phi) is 4.74. The number of halogens is 1. The molecule has 0 saturated heterocycles. The first kappa shape index (κ1) is 15.0. The summed E-state index contributed by atoms with van der Waals surface area (Å²) in [7, 11) is -2.11. The van der Waals surface area contributed by atoms with Gasteiger partial charge >= 0.3 is 0 Å². The first-order chi connectivity index (χ1) is 9.53. The van der Waals surface area contributed by atoms with Crippen molar-refractivity contribution in [2.45, 2.75) is 11.4 Å². The van der Waals surface area contributed by atoms with E-state index in [1.54, 1.807) is 30.5 Å². The van der Waals surface area contributed by atoms with Crippen LogP contribution in [0, 0.1) is 0 Å². The van der Waals surface area contributed by atoms with Crippen molar-refractivity contribution in [3.05, 3.63) is 52.8 Å². The van der Waals surface area contributed by atoms with Crippen LogP contribution in [0.1, 0.15) is 5.69 Å². The van der Waals surface area contributed by atoms with E-state index in [9.17, 15) is 8.42 Å². The lowest BCUT2D eigenvalue weighted by atomic mass is 10.3. The molecular weight excluding hydrogens is 344 g/mol.